The Bertz CT molecular complexity index is 421. The maximum Gasteiger partial charge on any atom is 0.401 e. The lowest BCUT2D eigenvalue weighted by molar-refractivity contribution is -0.154. The van der Waals surface area contributed by atoms with E-state index < -0.39 is 12.7 Å². The number of halogens is 4. The first-order valence-electron chi connectivity index (χ1n) is 8.71. The second-order valence-corrected chi connectivity index (χ2v) is 7.27. The van der Waals surface area contributed by atoms with Crippen LogP contribution in [-0.2, 0) is 4.79 Å². The Hall–Kier alpha value is -0.530. The fraction of sp³-hybridized carbons (Fsp3) is 0.938. The molecule has 3 atom stereocenters. The smallest absolute Gasteiger partial charge is 0.342 e. The van der Waals surface area contributed by atoms with E-state index >= 15 is 0 Å². The summed E-state index contributed by atoms with van der Waals surface area (Å²) in [6, 6.07) is 0. The minimum absolute atomic E-state index is 0. The molecule has 3 saturated heterocycles. The molecular formula is C16H27ClF3N3O. The molecule has 0 radical (unpaired) electrons. The van der Waals surface area contributed by atoms with Gasteiger partial charge < -0.3 is 10.2 Å². The summed E-state index contributed by atoms with van der Waals surface area (Å²) in [4.78, 5) is 16.0. The zero-order chi connectivity index (χ0) is 16.4. The maximum atomic E-state index is 12.7. The highest BCUT2D eigenvalue weighted by Crippen LogP contribution is 2.29. The predicted octanol–water partition coefficient (Wildman–Crippen LogP) is 2.14. The van der Waals surface area contributed by atoms with E-state index in [0.717, 1.165) is 45.4 Å². The van der Waals surface area contributed by atoms with Crippen molar-refractivity contribution in [2.45, 2.75) is 31.9 Å². The lowest BCUT2D eigenvalue weighted by atomic mass is 9.92. The number of carbonyl (C=O) groups is 1. The van der Waals surface area contributed by atoms with Gasteiger partial charge in [0.15, 0.2) is 0 Å². The molecule has 3 rings (SSSR count). The third-order valence-corrected chi connectivity index (χ3v) is 5.59. The molecule has 140 valence electrons. The van der Waals surface area contributed by atoms with Gasteiger partial charge in [0.1, 0.15) is 0 Å². The minimum atomic E-state index is -4.18. The fourth-order valence-corrected chi connectivity index (χ4v) is 4.35. The summed E-state index contributed by atoms with van der Waals surface area (Å²) in [5.74, 6) is 1.12. The number of alkyl halides is 3. The van der Waals surface area contributed by atoms with Crippen LogP contribution in [0.2, 0.25) is 0 Å². The summed E-state index contributed by atoms with van der Waals surface area (Å²) in [5, 5.41) is 3.41. The van der Waals surface area contributed by atoms with E-state index in [1.165, 1.54) is 4.90 Å². The van der Waals surface area contributed by atoms with Gasteiger partial charge in [0.05, 0.1) is 12.5 Å². The number of hydrogen-bond acceptors (Lipinski definition) is 3. The average molecular weight is 370 g/mol. The van der Waals surface area contributed by atoms with Crippen LogP contribution in [0, 0.1) is 17.8 Å². The first kappa shape index (κ1) is 19.8. The monoisotopic (exact) mass is 369 g/mol. The number of nitrogens with one attached hydrogen (secondary N) is 1. The van der Waals surface area contributed by atoms with Crippen molar-refractivity contribution in [3.63, 3.8) is 0 Å². The summed E-state index contributed by atoms with van der Waals surface area (Å²) in [5.41, 5.74) is 0. The standard InChI is InChI=1S/C16H26F3N3O.ClH/c17-16(18,19)11-21-5-1-2-14(10-21)15(23)22-6-3-12-8-20-9-13(12)4-7-22;/h12-14,20H,1-11H2;1H/t12-,13+,14?;. The van der Waals surface area contributed by atoms with Gasteiger partial charge in [-0.05, 0) is 57.2 Å². The molecule has 24 heavy (non-hydrogen) atoms. The highest BCUT2D eigenvalue weighted by atomic mass is 35.5. The molecule has 3 fully saturated rings. The van der Waals surface area contributed by atoms with Crippen LogP contribution in [0.1, 0.15) is 25.7 Å². The summed E-state index contributed by atoms with van der Waals surface area (Å²) in [7, 11) is 0. The molecule has 0 aromatic heterocycles. The number of nitrogens with zero attached hydrogens (tertiary/aromatic N) is 2. The molecule has 0 aromatic carbocycles. The molecule has 1 N–H and O–H groups in total. The van der Waals surface area contributed by atoms with Crippen LogP contribution in [-0.4, -0.2) is 67.7 Å². The Morgan fingerprint density at radius 1 is 1.04 bits per heavy atom. The zero-order valence-corrected chi connectivity index (χ0v) is 14.7. The summed E-state index contributed by atoms with van der Waals surface area (Å²) < 4.78 is 37.7. The molecule has 0 aliphatic carbocycles. The van der Waals surface area contributed by atoms with Gasteiger partial charge >= 0.3 is 6.18 Å². The molecule has 3 aliphatic rings. The van der Waals surface area contributed by atoms with Gasteiger partial charge in [0, 0.05) is 19.6 Å². The SMILES string of the molecule is Cl.O=C(C1CCCN(CC(F)(F)F)C1)N1CC[C@@H]2CNC[C@@H]2CC1. The molecule has 0 aromatic rings. The number of fused-ring (bicyclic) bond motifs is 1. The third-order valence-electron chi connectivity index (χ3n) is 5.59. The molecule has 4 nitrogen and oxygen atoms in total. The van der Waals surface area contributed by atoms with Crippen LogP contribution < -0.4 is 5.32 Å². The van der Waals surface area contributed by atoms with Gasteiger partial charge in [0.25, 0.3) is 0 Å². The summed E-state index contributed by atoms with van der Waals surface area (Å²) in [6.45, 7) is 3.40. The van der Waals surface area contributed by atoms with Crippen LogP contribution in [0.4, 0.5) is 13.2 Å². The Kier molecular flexibility index (Phi) is 6.79. The average Bonchev–Trinajstić information content (AvgIpc) is 2.84. The van der Waals surface area contributed by atoms with Crippen LogP contribution in [0.3, 0.4) is 0 Å². The zero-order valence-electron chi connectivity index (χ0n) is 13.9. The van der Waals surface area contributed by atoms with Crippen molar-refractivity contribution in [3.05, 3.63) is 0 Å². The van der Waals surface area contributed by atoms with Gasteiger partial charge in [0.2, 0.25) is 5.91 Å². The van der Waals surface area contributed by atoms with Crippen LogP contribution in [0.25, 0.3) is 0 Å². The quantitative estimate of drug-likeness (QED) is 0.810. The fourth-order valence-electron chi connectivity index (χ4n) is 4.35. The number of rotatable bonds is 2. The van der Waals surface area contributed by atoms with E-state index in [4.69, 9.17) is 0 Å². The van der Waals surface area contributed by atoms with Crippen molar-refractivity contribution >= 4 is 18.3 Å². The van der Waals surface area contributed by atoms with Gasteiger partial charge in [-0.3, -0.25) is 9.69 Å². The van der Waals surface area contributed by atoms with Gasteiger partial charge in [-0.25, -0.2) is 0 Å². The Labute approximate surface area is 147 Å². The number of piperidine rings is 1. The van der Waals surface area contributed by atoms with E-state index in [-0.39, 0.29) is 30.8 Å². The van der Waals surface area contributed by atoms with Crippen molar-refractivity contribution in [2.75, 3.05) is 45.8 Å². The van der Waals surface area contributed by atoms with E-state index in [9.17, 15) is 18.0 Å². The van der Waals surface area contributed by atoms with Crippen molar-refractivity contribution in [1.29, 1.82) is 0 Å². The third kappa shape index (κ3) is 4.99. The summed E-state index contributed by atoms with van der Waals surface area (Å²) >= 11 is 0. The summed E-state index contributed by atoms with van der Waals surface area (Å²) in [6.07, 6.45) is -0.754. The maximum absolute atomic E-state index is 12.7. The number of amides is 1. The first-order chi connectivity index (χ1) is 10.9. The molecule has 0 spiro atoms. The number of likely N-dealkylation sites (tertiary alicyclic amines) is 2. The molecule has 3 aliphatic heterocycles. The molecule has 8 heteroatoms. The van der Waals surface area contributed by atoms with Crippen LogP contribution >= 0.6 is 12.4 Å². The van der Waals surface area contributed by atoms with Crippen LogP contribution in [0.15, 0.2) is 0 Å². The highest BCUT2D eigenvalue weighted by Gasteiger charge is 2.37. The lowest BCUT2D eigenvalue weighted by Crippen LogP contribution is -2.47. The Morgan fingerprint density at radius 2 is 1.67 bits per heavy atom. The molecule has 1 amide bonds. The van der Waals surface area contributed by atoms with E-state index in [1.54, 1.807) is 0 Å². The van der Waals surface area contributed by atoms with Gasteiger partial charge in [-0.15, -0.1) is 12.4 Å². The second-order valence-electron chi connectivity index (χ2n) is 7.27. The molecule has 0 saturated carbocycles. The molecular weight excluding hydrogens is 343 g/mol. The Morgan fingerprint density at radius 3 is 2.25 bits per heavy atom. The van der Waals surface area contributed by atoms with Crippen molar-refractivity contribution in [2.24, 2.45) is 17.8 Å². The molecule has 0 bridgehead atoms. The lowest BCUT2D eigenvalue weighted by Gasteiger charge is -2.35. The second kappa shape index (κ2) is 8.23. The van der Waals surface area contributed by atoms with Crippen molar-refractivity contribution < 1.29 is 18.0 Å². The largest absolute Gasteiger partial charge is 0.401 e. The highest BCUT2D eigenvalue weighted by molar-refractivity contribution is 5.85. The topological polar surface area (TPSA) is 35.6 Å². The van der Waals surface area contributed by atoms with Crippen molar-refractivity contribution in [3.8, 4) is 0 Å². The van der Waals surface area contributed by atoms with Gasteiger partial charge in [-0.1, -0.05) is 0 Å². The van der Waals surface area contributed by atoms with E-state index in [0.29, 0.717) is 24.8 Å². The van der Waals surface area contributed by atoms with E-state index in [1.807, 2.05) is 4.90 Å². The predicted molar refractivity (Wildman–Crippen MR) is 88.1 cm³/mol. The first-order valence-corrected chi connectivity index (χ1v) is 8.71. The molecule has 3 heterocycles. The van der Waals surface area contributed by atoms with E-state index in [2.05, 4.69) is 5.32 Å². The minimum Gasteiger partial charge on any atom is -0.342 e. The number of carbonyl (C=O) groups excluding carboxylic acids is 1. The van der Waals surface area contributed by atoms with Gasteiger partial charge in [-0.2, -0.15) is 13.2 Å². The number of hydrogen-bond donors (Lipinski definition) is 1. The Balaban J connectivity index is 0.00000208. The normalized spacial score (nSPS) is 32.0. The van der Waals surface area contributed by atoms with Crippen LogP contribution in [0.5, 0.6) is 0 Å². The molecule has 1 unspecified atom stereocenters. The van der Waals surface area contributed by atoms with Crippen molar-refractivity contribution in [1.82, 2.24) is 15.1 Å².